The second-order valence-corrected chi connectivity index (χ2v) is 10.8. The van der Waals surface area contributed by atoms with Crippen molar-refractivity contribution >= 4 is 56.4 Å². The monoisotopic (exact) mass is 489 g/mol. The molecular weight excluding hydrogens is 466 g/mol. The van der Waals surface area contributed by atoms with E-state index in [1.54, 1.807) is 0 Å². The first-order chi connectivity index (χ1) is 18.3. The first kappa shape index (κ1) is 20.9. The van der Waals surface area contributed by atoms with Crippen LogP contribution in [0.1, 0.15) is 11.1 Å². The zero-order valence-corrected chi connectivity index (χ0v) is 21.0. The predicted molar refractivity (Wildman–Crippen MR) is 158 cm³/mol. The number of hydrogen-bond acceptors (Lipinski definition) is 2. The molecule has 0 bridgehead atoms. The second-order valence-electron chi connectivity index (χ2n) is 9.77. The smallest absolute Gasteiger partial charge is 0.0610 e. The average molecular weight is 490 g/mol. The third-order valence-corrected chi connectivity index (χ3v) is 8.81. The molecule has 0 radical (unpaired) electrons. The Balaban J connectivity index is 1.41. The molecule has 6 aromatic rings. The lowest BCUT2D eigenvalue weighted by atomic mass is 9.91. The maximum Gasteiger partial charge on any atom is 0.0610 e. The van der Waals surface area contributed by atoms with Crippen LogP contribution < -0.4 is 4.90 Å². The molecule has 0 unspecified atom stereocenters. The number of fused-ring (bicyclic) bond motifs is 4. The van der Waals surface area contributed by atoms with Gasteiger partial charge in [0.15, 0.2) is 0 Å². The van der Waals surface area contributed by atoms with Crippen LogP contribution in [0.5, 0.6) is 0 Å². The van der Waals surface area contributed by atoms with Crippen LogP contribution in [0.15, 0.2) is 131 Å². The van der Waals surface area contributed by atoms with Gasteiger partial charge in [0.1, 0.15) is 0 Å². The highest BCUT2D eigenvalue weighted by atomic mass is 32.2. The van der Waals surface area contributed by atoms with Crippen molar-refractivity contribution in [2.45, 2.75) is 16.2 Å². The molecule has 0 aromatic heterocycles. The van der Waals surface area contributed by atoms with Gasteiger partial charge in [0.2, 0.25) is 0 Å². The summed E-state index contributed by atoms with van der Waals surface area (Å²) in [5, 5.41) is 5.24. The lowest BCUT2D eigenvalue weighted by Gasteiger charge is -2.35. The van der Waals surface area contributed by atoms with E-state index in [1.165, 1.54) is 70.7 Å². The molecule has 2 aliphatic rings. The molecule has 1 aliphatic heterocycles. The molecular formula is C35H23NS. The summed E-state index contributed by atoms with van der Waals surface area (Å²) in [7, 11) is 0. The van der Waals surface area contributed by atoms with Crippen LogP contribution in [0.3, 0.4) is 0 Å². The van der Waals surface area contributed by atoms with Crippen molar-refractivity contribution in [1.82, 2.24) is 0 Å². The van der Waals surface area contributed by atoms with Gasteiger partial charge in [-0.1, -0.05) is 109 Å². The Kier molecular flexibility index (Phi) is 4.58. The molecule has 0 saturated heterocycles. The van der Waals surface area contributed by atoms with Crippen molar-refractivity contribution in [3.63, 3.8) is 0 Å². The van der Waals surface area contributed by atoms with Crippen LogP contribution in [0.25, 0.3) is 38.7 Å². The lowest BCUT2D eigenvalue weighted by molar-refractivity contribution is 1.12. The molecule has 1 aliphatic carbocycles. The molecule has 0 amide bonds. The quantitative estimate of drug-likeness (QED) is 0.238. The van der Waals surface area contributed by atoms with E-state index < -0.39 is 0 Å². The van der Waals surface area contributed by atoms with Gasteiger partial charge in [-0.25, -0.2) is 0 Å². The van der Waals surface area contributed by atoms with Gasteiger partial charge in [-0.3, -0.25) is 0 Å². The van der Waals surface area contributed by atoms with Gasteiger partial charge in [-0.15, -0.1) is 0 Å². The van der Waals surface area contributed by atoms with Crippen LogP contribution >= 0.6 is 11.8 Å². The molecule has 0 N–H and O–H groups in total. The summed E-state index contributed by atoms with van der Waals surface area (Å²) in [4.78, 5) is 5.14. The van der Waals surface area contributed by atoms with E-state index in [0.29, 0.717) is 0 Å². The third kappa shape index (κ3) is 3.26. The van der Waals surface area contributed by atoms with E-state index in [9.17, 15) is 0 Å². The predicted octanol–water partition coefficient (Wildman–Crippen LogP) is 10.2. The van der Waals surface area contributed by atoms with Crippen molar-refractivity contribution in [3.05, 3.63) is 132 Å². The van der Waals surface area contributed by atoms with Gasteiger partial charge in [0.25, 0.3) is 0 Å². The fourth-order valence-electron chi connectivity index (χ4n) is 5.88. The number of nitrogens with zero attached hydrogens (tertiary/aromatic N) is 1. The molecule has 174 valence electrons. The van der Waals surface area contributed by atoms with E-state index in [0.717, 1.165) is 6.42 Å². The lowest BCUT2D eigenvalue weighted by Crippen LogP contribution is -2.16. The number of benzene rings is 6. The molecule has 8 rings (SSSR count). The Bertz CT molecular complexity index is 1880. The Morgan fingerprint density at radius 1 is 0.595 bits per heavy atom. The Labute approximate surface area is 220 Å². The highest BCUT2D eigenvalue weighted by molar-refractivity contribution is 7.99. The molecule has 0 fully saturated rings. The Morgan fingerprint density at radius 3 is 2.35 bits per heavy atom. The maximum atomic E-state index is 2.48. The maximum absolute atomic E-state index is 2.48. The van der Waals surface area contributed by atoms with Crippen molar-refractivity contribution in [1.29, 1.82) is 0 Å². The molecule has 1 nitrogen and oxygen atoms in total. The van der Waals surface area contributed by atoms with Crippen LogP contribution in [-0.2, 0) is 6.42 Å². The topological polar surface area (TPSA) is 3.24 Å². The van der Waals surface area contributed by atoms with E-state index >= 15 is 0 Å². The van der Waals surface area contributed by atoms with Crippen LogP contribution in [0, 0.1) is 0 Å². The van der Waals surface area contributed by atoms with Crippen LogP contribution in [0.2, 0.25) is 0 Å². The number of allylic oxidation sites excluding steroid dienone is 1. The zero-order valence-electron chi connectivity index (χ0n) is 20.2. The van der Waals surface area contributed by atoms with Crippen LogP contribution in [0.4, 0.5) is 17.1 Å². The summed E-state index contributed by atoms with van der Waals surface area (Å²) in [5.74, 6) is 0. The van der Waals surface area contributed by atoms with Gasteiger partial charge >= 0.3 is 0 Å². The van der Waals surface area contributed by atoms with Gasteiger partial charge < -0.3 is 4.90 Å². The fraction of sp³-hybridized carbons (Fsp3) is 0.0286. The molecule has 0 spiro atoms. The summed E-state index contributed by atoms with van der Waals surface area (Å²) < 4.78 is 0. The first-order valence-corrected chi connectivity index (χ1v) is 13.6. The molecule has 2 heteroatoms. The summed E-state index contributed by atoms with van der Waals surface area (Å²) in [6, 6.07) is 42.2. The van der Waals surface area contributed by atoms with Crippen LogP contribution in [-0.4, -0.2) is 0 Å². The minimum Gasteiger partial charge on any atom is -0.308 e. The standard InChI is InChI=1S/C35H23NS/c1-2-8-23(9-3-1)27-17-19-31-33(22-27)37-35-30-15-7-13-25-12-6-14-28(34(25)30)21-32(35)36(31)29-18-16-24-10-4-5-11-26(24)20-29/h1-14,16-22H,15H2. The van der Waals surface area contributed by atoms with E-state index in [2.05, 4.69) is 132 Å². The largest absolute Gasteiger partial charge is 0.308 e. The number of hydrogen-bond donors (Lipinski definition) is 0. The summed E-state index contributed by atoms with van der Waals surface area (Å²) in [6.07, 6.45) is 5.55. The Morgan fingerprint density at radius 2 is 1.43 bits per heavy atom. The molecule has 37 heavy (non-hydrogen) atoms. The second kappa shape index (κ2) is 8.12. The van der Waals surface area contributed by atoms with Gasteiger partial charge in [-0.05, 0) is 80.6 Å². The molecule has 0 saturated carbocycles. The zero-order chi connectivity index (χ0) is 24.3. The third-order valence-electron chi connectivity index (χ3n) is 7.60. The number of anilines is 3. The summed E-state index contributed by atoms with van der Waals surface area (Å²) >= 11 is 1.93. The normalized spacial score (nSPS) is 13.6. The Hall–Kier alpha value is -4.27. The van der Waals surface area contributed by atoms with Crippen molar-refractivity contribution < 1.29 is 0 Å². The van der Waals surface area contributed by atoms with E-state index in [1.807, 2.05) is 11.8 Å². The minimum absolute atomic E-state index is 0.961. The highest BCUT2D eigenvalue weighted by Crippen LogP contribution is 2.55. The summed E-state index contributed by atoms with van der Waals surface area (Å²) in [5.41, 5.74) is 8.97. The highest BCUT2D eigenvalue weighted by Gasteiger charge is 2.29. The van der Waals surface area contributed by atoms with E-state index in [4.69, 9.17) is 0 Å². The van der Waals surface area contributed by atoms with Crippen molar-refractivity contribution in [3.8, 4) is 11.1 Å². The molecule has 6 aromatic carbocycles. The SMILES string of the molecule is C1=Cc2cccc3cc4c(c(c23)C1)Sc1cc(-c2ccccc2)ccc1N4c1ccc2ccccc2c1. The molecule has 0 atom stereocenters. The van der Waals surface area contributed by atoms with Gasteiger partial charge in [0, 0.05) is 15.5 Å². The van der Waals surface area contributed by atoms with Gasteiger partial charge in [-0.2, -0.15) is 0 Å². The summed E-state index contributed by atoms with van der Waals surface area (Å²) in [6.45, 7) is 0. The van der Waals surface area contributed by atoms with Crippen molar-refractivity contribution in [2.75, 3.05) is 4.90 Å². The average Bonchev–Trinajstić information content (AvgIpc) is 2.96. The van der Waals surface area contributed by atoms with E-state index in [-0.39, 0.29) is 0 Å². The van der Waals surface area contributed by atoms with Crippen molar-refractivity contribution in [2.24, 2.45) is 0 Å². The molecule has 1 heterocycles. The van der Waals surface area contributed by atoms with Gasteiger partial charge in [0.05, 0.1) is 11.4 Å². The minimum atomic E-state index is 0.961. The number of rotatable bonds is 2. The first-order valence-electron chi connectivity index (χ1n) is 12.7. The fourth-order valence-corrected chi connectivity index (χ4v) is 7.11.